The van der Waals surface area contributed by atoms with Crippen LogP contribution in [-0.2, 0) is 9.59 Å². The Kier molecular flexibility index (Phi) is 6.98. The summed E-state index contributed by atoms with van der Waals surface area (Å²) in [4.78, 5) is 25.8. The van der Waals surface area contributed by atoms with Crippen LogP contribution in [0.1, 0.15) is 32.6 Å². The van der Waals surface area contributed by atoms with Gasteiger partial charge in [0, 0.05) is 23.2 Å². The number of carbonyl (C=O) groups excluding carboxylic acids is 2. The molecule has 1 aliphatic carbocycles. The third kappa shape index (κ3) is 5.29. The monoisotopic (exact) mass is 398 g/mol. The number of nitrogens with one attached hydrogen (secondary N) is 2. The van der Waals surface area contributed by atoms with E-state index in [1.807, 2.05) is 49.4 Å². The van der Waals surface area contributed by atoms with Gasteiger partial charge in [0.1, 0.15) is 5.75 Å². The lowest BCUT2D eigenvalue weighted by atomic mass is 10.1. The largest absolute Gasteiger partial charge is 0.484 e. The van der Waals surface area contributed by atoms with Crippen LogP contribution in [0.4, 0.5) is 5.69 Å². The zero-order valence-corrected chi connectivity index (χ0v) is 16.9. The predicted molar refractivity (Wildman–Crippen MR) is 113 cm³/mol. The summed E-state index contributed by atoms with van der Waals surface area (Å²) in [5, 5.41) is 5.75. The summed E-state index contributed by atoms with van der Waals surface area (Å²) in [5.41, 5.74) is 0.679. The quantitative estimate of drug-likeness (QED) is 0.698. The normalized spacial score (nSPS) is 15.0. The van der Waals surface area contributed by atoms with Gasteiger partial charge in [-0.2, -0.15) is 0 Å². The molecule has 2 amide bonds. The van der Waals surface area contributed by atoms with Crippen molar-refractivity contribution in [2.75, 3.05) is 18.5 Å². The molecular formula is C22H26N2O3S. The molecule has 1 saturated carbocycles. The fourth-order valence-corrected chi connectivity index (χ4v) is 4.72. The molecule has 28 heavy (non-hydrogen) atoms. The van der Waals surface area contributed by atoms with Gasteiger partial charge in [-0.05, 0) is 44.0 Å². The first kappa shape index (κ1) is 20.3. The lowest BCUT2D eigenvalue weighted by molar-refractivity contribution is -0.123. The van der Waals surface area contributed by atoms with Gasteiger partial charge < -0.3 is 15.4 Å². The lowest BCUT2D eigenvalue weighted by Crippen LogP contribution is -2.37. The number of hydrogen-bond acceptors (Lipinski definition) is 4. The smallest absolute Gasteiger partial charge is 0.257 e. The summed E-state index contributed by atoms with van der Waals surface area (Å²) in [5.74, 6) is 0.418. The van der Waals surface area contributed by atoms with Gasteiger partial charge in [-0.1, -0.05) is 37.1 Å². The summed E-state index contributed by atoms with van der Waals surface area (Å²) >= 11 is 1.65. The van der Waals surface area contributed by atoms with E-state index >= 15 is 0 Å². The highest BCUT2D eigenvalue weighted by molar-refractivity contribution is 8.01. The van der Waals surface area contributed by atoms with Crippen LogP contribution in [0.5, 0.6) is 5.75 Å². The van der Waals surface area contributed by atoms with E-state index in [4.69, 9.17) is 4.74 Å². The molecule has 0 spiro atoms. The summed E-state index contributed by atoms with van der Waals surface area (Å²) in [6.07, 6.45) is 3.85. The molecule has 2 aromatic carbocycles. The van der Waals surface area contributed by atoms with E-state index in [0.717, 1.165) is 30.6 Å². The topological polar surface area (TPSA) is 67.4 Å². The van der Waals surface area contributed by atoms with Gasteiger partial charge >= 0.3 is 0 Å². The Morgan fingerprint density at radius 3 is 2.54 bits per heavy atom. The van der Waals surface area contributed by atoms with Crippen LogP contribution in [-0.4, -0.2) is 29.7 Å². The van der Waals surface area contributed by atoms with Crippen LogP contribution < -0.4 is 15.4 Å². The van der Waals surface area contributed by atoms with Crippen LogP contribution in [0, 0.1) is 0 Å². The van der Waals surface area contributed by atoms with Crippen LogP contribution in [0.2, 0.25) is 0 Å². The van der Waals surface area contributed by atoms with Gasteiger partial charge in [-0.25, -0.2) is 0 Å². The van der Waals surface area contributed by atoms with Gasteiger partial charge in [-0.15, -0.1) is 11.8 Å². The predicted octanol–water partition coefficient (Wildman–Crippen LogP) is 4.25. The molecule has 6 heteroatoms. The number of thioether (sulfide) groups is 1. The molecule has 0 bridgehead atoms. The van der Waals surface area contributed by atoms with E-state index in [2.05, 4.69) is 10.6 Å². The van der Waals surface area contributed by atoms with Crippen molar-refractivity contribution < 1.29 is 14.3 Å². The minimum atomic E-state index is -0.445. The highest BCUT2D eigenvalue weighted by Crippen LogP contribution is 2.46. The zero-order valence-electron chi connectivity index (χ0n) is 16.1. The van der Waals surface area contributed by atoms with Crippen LogP contribution in [0.15, 0.2) is 59.5 Å². The average molecular weight is 399 g/mol. The average Bonchev–Trinajstić information content (AvgIpc) is 3.17. The maximum absolute atomic E-state index is 13.2. The molecule has 0 radical (unpaired) electrons. The fourth-order valence-electron chi connectivity index (χ4n) is 3.34. The second-order valence-corrected chi connectivity index (χ2v) is 8.30. The van der Waals surface area contributed by atoms with E-state index < -0.39 is 4.75 Å². The summed E-state index contributed by atoms with van der Waals surface area (Å²) in [6.45, 7) is 2.39. The molecule has 1 fully saturated rings. The molecule has 0 saturated heterocycles. The number of rotatable bonds is 8. The molecular weight excluding hydrogens is 372 g/mol. The van der Waals surface area contributed by atoms with Gasteiger partial charge in [0.05, 0.1) is 4.75 Å². The number of hydrogen-bond donors (Lipinski definition) is 2. The second kappa shape index (κ2) is 9.64. The number of ether oxygens (including phenoxy) is 1. The molecule has 0 aliphatic heterocycles. The molecule has 2 N–H and O–H groups in total. The van der Waals surface area contributed by atoms with Crippen LogP contribution in [0.3, 0.4) is 0 Å². The number of likely N-dealkylation sites (N-methyl/N-ethyl adjacent to an activating group) is 1. The Morgan fingerprint density at radius 2 is 1.82 bits per heavy atom. The first-order valence-electron chi connectivity index (χ1n) is 9.66. The Labute approximate surface area is 170 Å². The second-order valence-electron chi connectivity index (χ2n) is 6.84. The van der Waals surface area contributed by atoms with Crippen molar-refractivity contribution in [1.29, 1.82) is 0 Å². The molecule has 2 aromatic rings. The van der Waals surface area contributed by atoms with E-state index in [-0.39, 0.29) is 18.4 Å². The molecule has 148 valence electrons. The highest BCUT2D eigenvalue weighted by Gasteiger charge is 2.42. The molecule has 3 rings (SSSR count). The lowest BCUT2D eigenvalue weighted by Gasteiger charge is -2.27. The molecule has 0 unspecified atom stereocenters. The van der Waals surface area contributed by atoms with E-state index in [1.165, 1.54) is 0 Å². The molecule has 5 nitrogen and oxygen atoms in total. The SMILES string of the molecule is CCNC(=O)COc1cccc(NC(=O)C2(Sc3ccccc3)CCCC2)c1. The van der Waals surface area contributed by atoms with Crippen molar-refractivity contribution in [3.05, 3.63) is 54.6 Å². The first-order valence-corrected chi connectivity index (χ1v) is 10.5. The number of amides is 2. The van der Waals surface area contributed by atoms with E-state index in [9.17, 15) is 9.59 Å². The van der Waals surface area contributed by atoms with Gasteiger partial charge in [0.25, 0.3) is 5.91 Å². The summed E-state index contributed by atoms with van der Waals surface area (Å²) < 4.78 is 5.08. The Bertz CT molecular complexity index is 804. The summed E-state index contributed by atoms with van der Waals surface area (Å²) in [7, 11) is 0. The van der Waals surface area contributed by atoms with E-state index in [0.29, 0.717) is 18.0 Å². The van der Waals surface area contributed by atoms with Gasteiger partial charge in [0.2, 0.25) is 5.91 Å². The number of anilines is 1. The van der Waals surface area contributed by atoms with Crippen molar-refractivity contribution in [1.82, 2.24) is 5.32 Å². The van der Waals surface area contributed by atoms with Crippen LogP contribution in [0.25, 0.3) is 0 Å². The fraction of sp³-hybridized carbons (Fsp3) is 0.364. The molecule has 0 heterocycles. The zero-order chi connectivity index (χ0) is 19.8. The molecule has 0 aromatic heterocycles. The Morgan fingerprint density at radius 1 is 1.07 bits per heavy atom. The van der Waals surface area contributed by atoms with Gasteiger partial charge in [0.15, 0.2) is 6.61 Å². The number of benzene rings is 2. The first-order chi connectivity index (χ1) is 13.6. The Hall–Kier alpha value is -2.47. The van der Waals surface area contributed by atoms with Crippen molar-refractivity contribution in [3.8, 4) is 5.75 Å². The summed E-state index contributed by atoms with van der Waals surface area (Å²) in [6, 6.07) is 17.3. The third-order valence-corrected chi connectivity index (χ3v) is 6.21. The van der Waals surface area contributed by atoms with Crippen molar-refractivity contribution in [2.24, 2.45) is 0 Å². The highest BCUT2D eigenvalue weighted by atomic mass is 32.2. The van der Waals surface area contributed by atoms with Gasteiger partial charge in [-0.3, -0.25) is 9.59 Å². The minimum absolute atomic E-state index is 0.0275. The minimum Gasteiger partial charge on any atom is -0.484 e. The van der Waals surface area contributed by atoms with Crippen molar-refractivity contribution in [2.45, 2.75) is 42.2 Å². The van der Waals surface area contributed by atoms with Crippen LogP contribution >= 0.6 is 11.8 Å². The Balaban J connectivity index is 1.67. The molecule has 1 aliphatic rings. The maximum Gasteiger partial charge on any atom is 0.257 e. The number of carbonyl (C=O) groups is 2. The van der Waals surface area contributed by atoms with E-state index in [1.54, 1.807) is 23.9 Å². The van der Waals surface area contributed by atoms with Crippen molar-refractivity contribution in [3.63, 3.8) is 0 Å². The maximum atomic E-state index is 13.2. The van der Waals surface area contributed by atoms with Crippen molar-refractivity contribution >= 4 is 29.3 Å². The third-order valence-electron chi connectivity index (χ3n) is 4.72. The standard InChI is InChI=1S/C22H26N2O3S/c1-2-23-20(25)16-27-18-10-8-9-17(15-18)24-21(26)22(13-6-7-14-22)28-19-11-4-3-5-12-19/h3-5,8-12,15H,2,6-7,13-14,16H2,1H3,(H,23,25)(H,24,26). The molecule has 0 atom stereocenters.